The Hall–Kier alpha value is -1.87. The average molecular weight is 323 g/mol. The molecule has 1 aliphatic carbocycles. The van der Waals surface area contributed by atoms with Gasteiger partial charge in [0.05, 0.1) is 26.2 Å². The maximum atomic E-state index is 12.6. The number of benzene rings is 2. The number of rotatable bonds is 3. The summed E-state index contributed by atoms with van der Waals surface area (Å²) >= 11 is 0. The lowest BCUT2D eigenvalue weighted by Gasteiger charge is -2.33. The van der Waals surface area contributed by atoms with E-state index in [1.165, 1.54) is 29.2 Å². The van der Waals surface area contributed by atoms with Gasteiger partial charge in [-0.2, -0.15) is 0 Å². The van der Waals surface area contributed by atoms with Crippen molar-refractivity contribution in [3.05, 3.63) is 48.0 Å². The second-order valence-electron chi connectivity index (χ2n) is 7.37. The van der Waals surface area contributed by atoms with Crippen molar-refractivity contribution in [3.8, 4) is 0 Å². The molecule has 1 N–H and O–H groups in total. The standard InChI is InChI=1S/C21H26N2O/c24-21(18-7-1-2-8-18)23-14-12-22(13-15-23)16-19-10-5-9-17-6-3-4-11-20(17)19/h3-6,9-11,18H,1-2,7-8,12-16H2/p+1. The van der Waals surface area contributed by atoms with Crippen LogP contribution in [0.4, 0.5) is 0 Å². The van der Waals surface area contributed by atoms with Crippen molar-refractivity contribution in [2.45, 2.75) is 32.2 Å². The molecular weight excluding hydrogens is 296 g/mol. The largest absolute Gasteiger partial charge is 0.331 e. The van der Waals surface area contributed by atoms with E-state index >= 15 is 0 Å². The SMILES string of the molecule is O=C(C1CCCC1)N1CC[NH+](Cc2cccc3ccccc23)CC1. The van der Waals surface area contributed by atoms with Crippen LogP contribution in [-0.4, -0.2) is 37.0 Å². The van der Waals surface area contributed by atoms with Crippen LogP contribution < -0.4 is 4.90 Å². The zero-order valence-corrected chi connectivity index (χ0v) is 14.3. The number of hydrogen-bond donors (Lipinski definition) is 1. The fourth-order valence-electron chi connectivity index (χ4n) is 4.37. The first-order valence-electron chi connectivity index (χ1n) is 9.40. The van der Waals surface area contributed by atoms with E-state index in [-0.39, 0.29) is 0 Å². The predicted molar refractivity (Wildman–Crippen MR) is 96.9 cm³/mol. The van der Waals surface area contributed by atoms with Crippen molar-refractivity contribution in [3.63, 3.8) is 0 Å². The van der Waals surface area contributed by atoms with Gasteiger partial charge in [0.25, 0.3) is 0 Å². The summed E-state index contributed by atoms with van der Waals surface area (Å²) < 4.78 is 0. The second-order valence-corrected chi connectivity index (χ2v) is 7.37. The smallest absolute Gasteiger partial charge is 0.226 e. The highest BCUT2D eigenvalue weighted by Gasteiger charge is 2.30. The van der Waals surface area contributed by atoms with E-state index in [2.05, 4.69) is 47.4 Å². The van der Waals surface area contributed by atoms with E-state index in [4.69, 9.17) is 0 Å². The number of fused-ring (bicyclic) bond motifs is 1. The molecule has 0 atom stereocenters. The van der Waals surface area contributed by atoms with Crippen LogP contribution in [0.25, 0.3) is 10.8 Å². The number of nitrogens with one attached hydrogen (secondary N) is 1. The molecule has 2 aliphatic rings. The van der Waals surface area contributed by atoms with E-state index in [0.29, 0.717) is 11.8 Å². The summed E-state index contributed by atoms with van der Waals surface area (Å²) in [6.07, 6.45) is 4.70. The zero-order chi connectivity index (χ0) is 16.4. The zero-order valence-electron chi connectivity index (χ0n) is 14.3. The number of quaternary nitrogens is 1. The maximum absolute atomic E-state index is 12.6. The minimum atomic E-state index is 0.324. The molecule has 24 heavy (non-hydrogen) atoms. The number of carbonyl (C=O) groups is 1. The number of carbonyl (C=O) groups excluding carboxylic acids is 1. The topological polar surface area (TPSA) is 24.8 Å². The third-order valence-electron chi connectivity index (χ3n) is 5.81. The van der Waals surface area contributed by atoms with Gasteiger partial charge in [-0.15, -0.1) is 0 Å². The summed E-state index contributed by atoms with van der Waals surface area (Å²) in [6, 6.07) is 15.2. The van der Waals surface area contributed by atoms with Crippen molar-refractivity contribution in [1.82, 2.24) is 4.90 Å². The van der Waals surface area contributed by atoms with Crippen molar-refractivity contribution >= 4 is 16.7 Å². The van der Waals surface area contributed by atoms with Crippen molar-refractivity contribution in [2.24, 2.45) is 5.92 Å². The van der Waals surface area contributed by atoms with Crippen LogP contribution in [0.2, 0.25) is 0 Å². The molecule has 4 rings (SSSR count). The van der Waals surface area contributed by atoms with E-state index in [1.807, 2.05) is 0 Å². The fraction of sp³-hybridized carbons (Fsp3) is 0.476. The number of hydrogen-bond acceptors (Lipinski definition) is 1. The summed E-state index contributed by atoms with van der Waals surface area (Å²) in [5, 5.41) is 2.70. The maximum Gasteiger partial charge on any atom is 0.226 e. The van der Waals surface area contributed by atoms with E-state index in [1.54, 1.807) is 4.90 Å². The van der Waals surface area contributed by atoms with Crippen LogP contribution in [0.15, 0.2) is 42.5 Å². The lowest BCUT2D eigenvalue weighted by atomic mass is 10.0. The van der Waals surface area contributed by atoms with E-state index < -0.39 is 0 Å². The second kappa shape index (κ2) is 6.94. The quantitative estimate of drug-likeness (QED) is 0.921. The molecule has 1 heterocycles. The highest BCUT2D eigenvalue weighted by atomic mass is 16.2. The molecule has 126 valence electrons. The first-order valence-corrected chi connectivity index (χ1v) is 9.40. The van der Waals surface area contributed by atoms with Gasteiger partial charge in [-0.25, -0.2) is 0 Å². The lowest BCUT2D eigenvalue weighted by molar-refractivity contribution is -0.917. The van der Waals surface area contributed by atoms with Gasteiger partial charge in [0.2, 0.25) is 5.91 Å². The minimum absolute atomic E-state index is 0.324. The Balaban J connectivity index is 1.38. The van der Waals surface area contributed by atoms with E-state index in [0.717, 1.165) is 45.6 Å². The van der Waals surface area contributed by atoms with Gasteiger partial charge in [0.1, 0.15) is 6.54 Å². The van der Waals surface area contributed by atoms with E-state index in [9.17, 15) is 4.79 Å². The van der Waals surface area contributed by atoms with Crippen LogP contribution in [-0.2, 0) is 11.3 Å². The molecule has 0 bridgehead atoms. The third-order valence-corrected chi connectivity index (χ3v) is 5.81. The van der Waals surface area contributed by atoms with Crippen LogP contribution in [0.5, 0.6) is 0 Å². The summed E-state index contributed by atoms with van der Waals surface area (Å²) in [7, 11) is 0. The van der Waals surface area contributed by atoms with Gasteiger partial charge in [-0.1, -0.05) is 55.3 Å². The lowest BCUT2D eigenvalue weighted by Crippen LogP contribution is -3.13. The molecule has 1 amide bonds. The van der Waals surface area contributed by atoms with Gasteiger partial charge >= 0.3 is 0 Å². The molecule has 1 saturated heterocycles. The molecule has 1 aliphatic heterocycles. The molecule has 2 fully saturated rings. The normalized spacial score (nSPS) is 19.9. The molecule has 2 aromatic carbocycles. The average Bonchev–Trinajstić information content (AvgIpc) is 3.17. The van der Waals surface area contributed by atoms with Crippen molar-refractivity contribution in [2.75, 3.05) is 26.2 Å². The van der Waals surface area contributed by atoms with Crippen LogP contribution in [0, 0.1) is 5.92 Å². The molecule has 3 nitrogen and oxygen atoms in total. The molecule has 0 aromatic heterocycles. The first kappa shape index (κ1) is 15.6. The Morgan fingerprint density at radius 1 is 1.00 bits per heavy atom. The summed E-state index contributed by atoms with van der Waals surface area (Å²) in [4.78, 5) is 16.3. The van der Waals surface area contributed by atoms with Crippen molar-refractivity contribution < 1.29 is 9.69 Å². The van der Waals surface area contributed by atoms with Crippen LogP contribution in [0.3, 0.4) is 0 Å². The predicted octanol–water partition coefficient (Wildman–Crippen LogP) is 2.26. The molecule has 0 unspecified atom stereocenters. The number of nitrogens with zero attached hydrogens (tertiary/aromatic N) is 1. The van der Waals surface area contributed by atoms with Gasteiger partial charge in [0.15, 0.2) is 0 Å². The van der Waals surface area contributed by atoms with Gasteiger partial charge in [0, 0.05) is 11.5 Å². The molecule has 2 aromatic rings. The highest BCUT2D eigenvalue weighted by molar-refractivity contribution is 5.85. The number of amides is 1. The highest BCUT2D eigenvalue weighted by Crippen LogP contribution is 2.26. The number of piperazine rings is 1. The molecular formula is C21H27N2O+. The van der Waals surface area contributed by atoms with Crippen LogP contribution in [0.1, 0.15) is 31.2 Å². The third kappa shape index (κ3) is 3.18. The molecule has 0 radical (unpaired) electrons. The monoisotopic (exact) mass is 323 g/mol. The van der Waals surface area contributed by atoms with Crippen LogP contribution >= 0.6 is 0 Å². The molecule has 1 saturated carbocycles. The van der Waals surface area contributed by atoms with Gasteiger partial charge < -0.3 is 9.80 Å². The fourth-order valence-corrected chi connectivity index (χ4v) is 4.37. The Morgan fingerprint density at radius 2 is 1.71 bits per heavy atom. The Kier molecular flexibility index (Phi) is 4.52. The molecule has 3 heteroatoms. The summed E-state index contributed by atoms with van der Waals surface area (Å²) in [5.41, 5.74) is 1.43. The summed E-state index contributed by atoms with van der Waals surface area (Å²) in [5.74, 6) is 0.751. The Morgan fingerprint density at radius 3 is 2.50 bits per heavy atom. The minimum Gasteiger partial charge on any atom is -0.331 e. The van der Waals surface area contributed by atoms with Crippen molar-refractivity contribution in [1.29, 1.82) is 0 Å². The Bertz CT molecular complexity index is 707. The van der Waals surface area contributed by atoms with Gasteiger partial charge in [-0.05, 0) is 23.6 Å². The molecule has 0 spiro atoms. The summed E-state index contributed by atoms with van der Waals surface area (Å²) in [6.45, 7) is 5.06. The Labute approximate surface area is 144 Å². The van der Waals surface area contributed by atoms with Gasteiger partial charge in [-0.3, -0.25) is 4.79 Å². The first-order chi connectivity index (χ1) is 11.8.